The van der Waals surface area contributed by atoms with Gasteiger partial charge in [0.15, 0.2) is 5.76 Å². The van der Waals surface area contributed by atoms with E-state index in [1.807, 2.05) is 0 Å². The van der Waals surface area contributed by atoms with Crippen LogP contribution in [0, 0.1) is 5.82 Å². The van der Waals surface area contributed by atoms with Crippen molar-refractivity contribution in [1.29, 1.82) is 0 Å². The Morgan fingerprint density at radius 2 is 1.63 bits per heavy atom. The largest absolute Gasteiger partial charge is 0.489 e. The number of nitrogens with zero attached hydrogens (tertiary/aromatic N) is 4. The van der Waals surface area contributed by atoms with Gasteiger partial charge < -0.3 is 38.6 Å². The summed E-state index contributed by atoms with van der Waals surface area (Å²) in [7, 11) is 2.91. The first-order valence-corrected chi connectivity index (χ1v) is 16.6. The zero-order chi connectivity index (χ0) is 38.4. The van der Waals surface area contributed by atoms with E-state index in [0.717, 1.165) is 30.4 Å². The molecular weight excluding hydrogens is 737 g/mol. The minimum Gasteiger partial charge on any atom is -0.489 e. The first-order chi connectivity index (χ1) is 26.0. The number of rotatable bonds is 10. The number of amides is 1. The van der Waals surface area contributed by atoms with Gasteiger partial charge in [0, 0.05) is 68.8 Å². The molecule has 1 spiro atoms. The van der Waals surface area contributed by atoms with Crippen LogP contribution < -0.4 is 15.1 Å². The summed E-state index contributed by atoms with van der Waals surface area (Å²) in [5, 5.41) is 3.72. The van der Waals surface area contributed by atoms with Crippen LogP contribution in [0.2, 0.25) is 5.02 Å². The fourth-order valence-electron chi connectivity index (χ4n) is 5.67. The Kier molecular flexibility index (Phi) is 11.5. The molecule has 0 aliphatic carbocycles. The molecule has 3 aliphatic rings. The third-order valence-corrected chi connectivity index (χ3v) is 8.43. The van der Waals surface area contributed by atoms with Crippen LogP contribution in [0.4, 0.5) is 21.6 Å². The number of halogens is 2. The monoisotopic (exact) mass is 767 g/mol. The number of fused-ring (bicyclic) bond motifs is 1. The second-order valence-corrected chi connectivity index (χ2v) is 12.1. The number of nitrogens with one attached hydrogen (secondary N) is 1. The Morgan fingerprint density at radius 1 is 0.907 bits per heavy atom. The summed E-state index contributed by atoms with van der Waals surface area (Å²) in [4.78, 5) is 81.7. The normalized spacial score (nSPS) is 19.6. The molecule has 17 nitrogen and oxygen atoms in total. The molecule has 1 fully saturated rings. The van der Waals surface area contributed by atoms with Crippen molar-refractivity contribution in [3.63, 3.8) is 0 Å². The van der Waals surface area contributed by atoms with E-state index in [4.69, 9.17) is 44.9 Å². The highest BCUT2D eigenvalue weighted by Crippen LogP contribution is 2.40. The van der Waals surface area contributed by atoms with Gasteiger partial charge >= 0.3 is 35.7 Å². The number of methoxy groups -OCH3 is 2. The lowest BCUT2D eigenvalue weighted by molar-refractivity contribution is -0.288. The third kappa shape index (κ3) is 8.31. The highest BCUT2D eigenvalue weighted by molar-refractivity contribution is 6.31. The van der Waals surface area contributed by atoms with E-state index in [9.17, 15) is 28.4 Å². The summed E-state index contributed by atoms with van der Waals surface area (Å²) < 4.78 is 47.0. The number of hydrogen-bond acceptors (Lipinski definition) is 16. The maximum atomic E-state index is 14.7. The number of hydroxylamine groups is 1. The van der Waals surface area contributed by atoms with Crippen molar-refractivity contribution >= 4 is 69.5 Å². The summed E-state index contributed by atoms with van der Waals surface area (Å²) in [5.74, 6) is -8.38. The first-order valence-electron chi connectivity index (χ1n) is 16.2. The van der Waals surface area contributed by atoms with E-state index in [1.165, 1.54) is 49.7 Å². The summed E-state index contributed by atoms with van der Waals surface area (Å²) >= 11 is 5.99. The molecule has 0 atom stereocenters. The number of hydrogen-bond donors (Lipinski definition) is 1. The molecular formula is C35H31ClFN5O12. The van der Waals surface area contributed by atoms with Crippen molar-refractivity contribution in [2.45, 2.75) is 18.8 Å². The predicted octanol–water partition coefficient (Wildman–Crippen LogP) is 3.40. The molecule has 1 N–H and O–H groups in total. The van der Waals surface area contributed by atoms with Crippen molar-refractivity contribution in [2.24, 2.45) is 0 Å². The minimum atomic E-state index is -2.07. The summed E-state index contributed by atoms with van der Waals surface area (Å²) in [6, 6.07) is 6.76. The van der Waals surface area contributed by atoms with E-state index in [-0.39, 0.29) is 72.6 Å². The maximum absolute atomic E-state index is 14.7. The van der Waals surface area contributed by atoms with Crippen LogP contribution in [0.5, 0.6) is 5.75 Å². The van der Waals surface area contributed by atoms with Crippen LogP contribution in [0.1, 0.15) is 12.8 Å². The van der Waals surface area contributed by atoms with Gasteiger partial charge in [0.1, 0.15) is 36.0 Å². The molecule has 54 heavy (non-hydrogen) atoms. The number of esters is 3. The summed E-state index contributed by atoms with van der Waals surface area (Å²) in [6.45, 7) is 0.423. The number of anilines is 3. The van der Waals surface area contributed by atoms with E-state index < -0.39 is 53.7 Å². The Bertz CT molecular complexity index is 2090. The molecule has 3 aliphatic heterocycles. The van der Waals surface area contributed by atoms with Gasteiger partial charge in [0.2, 0.25) is 0 Å². The number of piperidine rings is 1. The molecule has 19 heteroatoms. The van der Waals surface area contributed by atoms with Gasteiger partial charge in [-0.1, -0.05) is 11.6 Å². The lowest BCUT2D eigenvalue weighted by atomic mass is 9.97. The van der Waals surface area contributed by atoms with Crippen LogP contribution in [0.3, 0.4) is 0 Å². The Hall–Kier alpha value is -5.95. The highest BCUT2D eigenvalue weighted by atomic mass is 35.5. The molecule has 1 aromatic heterocycles. The number of ether oxygens (including phenoxy) is 6. The SMILES string of the molecule is COCCOc1cc2ncnc(Nc3ccc(F)c(Cl)c3)c2cc1N1OC(=O)/C=C\C(=O)O/C(=C2/CCN(CCOC)C3(C2)OC(=O)C=CC(=O)O3)C1=O. The van der Waals surface area contributed by atoms with Gasteiger partial charge in [-0.05, 0) is 36.3 Å². The topological polar surface area (TPSA) is 194 Å². The first kappa shape index (κ1) is 37.8. The van der Waals surface area contributed by atoms with Gasteiger partial charge in [-0.15, -0.1) is 5.06 Å². The van der Waals surface area contributed by atoms with E-state index in [2.05, 4.69) is 15.3 Å². The quantitative estimate of drug-likeness (QED) is 0.179. The molecule has 2 aromatic carbocycles. The second-order valence-electron chi connectivity index (χ2n) is 11.6. The zero-order valence-electron chi connectivity index (χ0n) is 28.7. The number of carbonyl (C=O) groups excluding carboxylic acids is 5. The Labute approximate surface area is 310 Å². The molecule has 1 amide bonds. The smallest absolute Gasteiger partial charge is 0.356 e. The number of likely N-dealkylation sites (tertiary alicyclic amines) is 1. The molecule has 0 bridgehead atoms. The fraction of sp³-hybridized carbons (Fsp3) is 0.286. The van der Waals surface area contributed by atoms with Crippen LogP contribution in [0.25, 0.3) is 10.9 Å². The Balaban J connectivity index is 1.49. The molecule has 282 valence electrons. The summed E-state index contributed by atoms with van der Waals surface area (Å²) in [5.41, 5.74) is 0.571. The van der Waals surface area contributed by atoms with Crippen molar-refractivity contribution in [2.75, 3.05) is 57.5 Å². The third-order valence-electron chi connectivity index (χ3n) is 8.14. The maximum Gasteiger partial charge on any atom is 0.356 e. The molecule has 0 radical (unpaired) electrons. The van der Waals surface area contributed by atoms with E-state index >= 15 is 0 Å². The van der Waals surface area contributed by atoms with Gasteiger partial charge in [0.25, 0.3) is 0 Å². The summed E-state index contributed by atoms with van der Waals surface area (Å²) in [6.07, 6.45) is 4.14. The minimum absolute atomic E-state index is 0.0161. The molecule has 1 saturated heterocycles. The van der Waals surface area contributed by atoms with Crippen LogP contribution in [-0.2, 0) is 52.5 Å². The van der Waals surface area contributed by atoms with Gasteiger partial charge in [-0.2, -0.15) is 0 Å². The van der Waals surface area contributed by atoms with Crippen molar-refractivity contribution < 1.29 is 61.6 Å². The van der Waals surface area contributed by atoms with Crippen LogP contribution >= 0.6 is 11.6 Å². The second kappa shape index (κ2) is 16.4. The number of carbonyl (C=O) groups is 5. The average molecular weight is 768 g/mol. The lowest BCUT2D eigenvalue weighted by Gasteiger charge is -2.44. The average Bonchev–Trinajstić information content (AvgIpc) is 3.25. The van der Waals surface area contributed by atoms with Crippen molar-refractivity contribution in [3.8, 4) is 5.75 Å². The standard InChI is InChI=1S/C35H31ClFN5O12/c1-48-12-11-41-10-9-20(18-35(41)52-29(44)6-7-30(45)53-35)32-34(47)42(54-31(46)8-5-28(43)51-32)26-16-22-25(17-27(26)50-14-13-49-2)38-19-39-33(22)40-21-3-4-24(37)23(36)15-21/h3-8,15-17,19H,9-14,18H2,1-2H3,(H,38,39,40)/b8-5-,32-20-. The van der Waals surface area contributed by atoms with Gasteiger partial charge in [-0.25, -0.2) is 38.4 Å². The number of benzene rings is 2. The van der Waals surface area contributed by atoms with Crippen molar-refractivity contribution in [3.05, 3.63) is 83.1 Å². The Morgan fingerprint density at radius 3 is 2.35 bits per heavy atom. The molecule has 0 unspecified atom stereocenters. The van der Waals surface area contributed by atoms with Gasteiger partial charge in [0.05, 0.1) is 30.2 Å². The molecule has 3 aromatic rings. The van der Waals surface area contributed by atoms with Crippen molar-refractivity contribution in [1.82, 2.24) is 14.9 Å². The molecule has 6 rings (SSSR count). The predicted molar refractivity (Wildman–Crippen MR) is 184 cm³/mol. The van der Waals surface area contributed by atoms with Crippen LogP contribution in [0.15, 0.2) is 72.3 Å². The number of cyclic esters (lactones) is 1. The molecule has 0 saturated carbocycles. The van der Waals surface area contributed by atoms with Gasteiger partial charge in [-0.3, -0.25) is 4.79 Å². The van der Waals surface area contributed by atoms with E-state index in [1.54, 1.807) is 0 Å². The number of aromatic nitrogens is 2. The highest BCUT2D eigenvalue weighted by Gasteiger charge is 2.50. The lowest BCUT2D eigenvalue weighted by Crippen LogP contribution is -2.58. The fourth-order valence-corrected chi connectivity index (χ4v) is 5.85. The zero-order valence-corrected chi connectivity index (χ0v) is 29.4. The van der Waals surface area contributed by atoms with Crippen LogP contribution in [-0.4, -0.2) is 97.7 Å². The molecule has 4 heterocycles. The van der Waals surface area contributed by atoms with E-state index in [0.29, 0.717) is 16.3 Å².